The summed E-state index contributed by atoms with van der Waals surface area (Å²) in [4.78, 5) is 11.2. The normalized spacial score (nSPS) is 14.5. The predicted molar refractivity (Wildman–Crippen MR) is 66.7 cm³/mol. The zero-order chi connectivity index (χ0) is 12.5. The topological polar surface area (TPSA) is 64.9 Å². The van der Waals surface area contributed by atoms with Crippen molar-refractivity contribution in [1.29, 1.82) is 5.26 Å². The van der Waals surface area contributed by atoms with Gasteiger partial charge in [0.25, 0.3) is 0 Å². The van der Waals surface area contributed by atoms with Gasteiger partial charge in [-0.2, -0.15) is 5.26 Å². The van der Waals surface area contributed by atoms with Gasteiger partial charge in [-0.1, -0.05) is 0 Å². The van der Waals surface area contributed by atoms with Crippen molar-refractivity contribution in [3.63, 3.8) is 0 Å². The number of nitrogens with zero attached hydrogens (tertiary/aromatic N) is 1. The Labute approximate surface area is 101 Å². The molecule has 0 aliphatic carbocycles. The van der Waals surface area contributed by atoms with Crippen LogP contribution in [0.15, 0.2) is 18.2 Å². The lowest BCUT2D eigenvalue weighted by molar-refractivity contribution is -0.116. The van der Waals surface area contributed by atoms with Crippen LogP contribution in [0, 0.1) is 11.3 Å². The summed E-state index contributed by atoms with van der Waals surface area (Å²) >= 11 is 0. The highest BCUT2D eigenvalue weighted by Crippen LogP contribution is 2.26. The van der Waals surface area contributed by atoms with Crippen LogP contribution in [0.3, 0.4) is 0 Å². The second kappa shape index (κ2) is 4.10. The molecule has 1 aromatic carbocycles. The third-order valence-electron chi connectivity index (χ3n) is 2.74. The number of rotatable bonds is 2. The molecule has 0 radical (unpaired) electrons. The number of fused-ring (bicyclic) bond motifs is 1. The predicted octanol–water partition coefficient (Wildman–Crippen LogP) is 2.29. The van der Waals surface area contributed by atoms with E-state index in [9.17, 15) is 4.79 Å². The van der Waals surface area contributed by atoms with Gasteiger partial charge in [-0.05, 0) is 44.0 Å². The molecule has 88 valence electrons. The zero-order valence-corrected chi connectivity index (χ0v) is 10.0. The third kappa shape index (κ3) is 2.56. The van der Waals surface area contributed by atoms with E-state index < -0.39 is 5.54 Å². The van der Waals surface area contributed by atoms with Crippen LogP contribution < -0.4 is 10.6 Å². The molecule has 17 heavy (non-hydrogen) atoms. The third-order valence-corrected chi connectivity index (χ3v) is 2.74. The van der Waals surface area contributed by atoms with Crippen molar-refractivity contribution in [3.05, 3.63) is 23.8 Å². The minimum absolute atomic E-state index is 0.0653. The number of hydrogen-bond acceptors (Lipinski definition) is 3. The first-order chi connectivity index (χ1) is 8.00. The van der Waals surface area contributed by atoms with Crippen LogP contribution in [0.25, 0.3) is 0 Å². The van der Waals surface area contributed by atoms with E-state index in [1.807, 2.05) is 32.0 Å². The number of carbonyl (C=O) groups excluding carboxylic acids is 1. The lowest BCUT2D eigenvalue weighted by atomic mass is 10.0. The molecule has 1 aliphatic rings. The van der Waals surface area contributed by atoms with E-state index in [0.717, 1.165) is 23.4 Å². The molecule has 2 rings (SSSR count). The van der Waals surface area contributed by atoms with E-state index in [-0.39, 0.29) is 5.91 Å². The molecule has 0 aromatic heterocycles. The molecule has 0 unspecified atom stereocenters. The summed E-state index contributed by atoms with van der Waals surface area (Å²) in [5.41, 5.74) is 2.31. The maximum Gasteiger partial charge on any atom is 0.224 e. The van der Waals surface area contributed by atoms with Gasteiger partial charge >= 0.3 is 0 Å². The Kier molecular flexibility index (Phi) is 2.76. The van der Waals surface area contributed by atoms with Gasteiger partial charge in [-0.3, -0.25) is 4.79 Å². The molecule has 0 bridgehead atoms. The van der Waals surface area contributed by atoms with Crippen molar-refractivity contribution in [2.45, 2.75) is 32.2 Å². The van der Waals surface area contributed by atoms with Crippen molar-refractivity contribution >= 4 is 17.3 Å². The maximum atomic E-state index is 11.2. The van der Waals surface area contributed by atoms with E-state index in [1.54, 1.807) is 0 Å². The van der Waals surface area contributed by atoms with Crippen LogP contribution in [0.4, 0.5) is 11.4 Å². The summed E-state index contributed by atoms with van der Waals surface area (Å²) in [6, 6.07) is 7.95. The number of anilines is 2. The fourth-order valence-electron chi connectivity index (χ4n) is 1.85. The number of amides is 1. The van der Waals surface area contributed by atoms with E-state index >= 15 is 0 Å². The van der Waals surface area contributed by atoms with Gasteiger partial charge in [0.2, 0.25) is 5.91 Å². The number of benzene rings is 1. The summed E-state index contributed by atoms with van der Waals surface area (Å²) < 4.78 is 0. The zero-order valence-electron chi connectivity index (χ0n) is 10.0. The molecule has 0 fully saturated rings. The van der Waals surface area contributed by atoms with Crippen LogP contribution in [0.2, 0.25) is 0 Å². The number of nitriles is 1. The number of hydrogen-bond donors (Lipinski definition) is 2. The van der Waals surface area contributed by atoms with Crippen LogP contribution in [-0.4, -0.2) is 11.4 Å². The van der Waals surface area contributed by atoms with Gasteiger partial charge in [-0.15, -0.1) is 0 Å². The highest BCUT2D eigenvalue weighted by molar-refractivity contribution is 5.94. The van der Waals surface area contributed by atoms with Crippen LogP contribution in [-0.2, 0) is 11.2 Å². The van der Waals surface area contributed by atoms with Crippen molar-refractivity contribution in [3.8, 4) is 6.07 Å². The standard InChI is InChI=1S/C13H15N3O/c1-13(2,8-14)16-10-4-5-11-9(7-10)3-6-12(17)15-11/h4-5,7,16H,3,6H2,1-2H3,(H,15,17). The monoisotopic (exact) mass is 229 g/mol. The molecule has 0 saturated carbocycles. The van der Waals surface area contributed by atoms with Crippen molar-refractivity contribution in [1.82, 2.24) is 0 Å². The Morgan fingerprint density at radius 1 is 1.41 bits per heavy atom. The molecule has 4 nitrogen and oxygen atoms in total. The number of nitrogens with one attached hydrogen (secondary N) is 2. The first-order valence-electron chi connectivity index (χ1n) is 5.62. The first-order valence-corrected chi connectivity index (χ1v) is 5.62. The minimum atomic E-state index is -0.591. The van der Waals surface area contributed by atoms with E-state index in [1.165, 1.54) is 0 Å². The van der Waals surface area contributed by atoms with Gasteiger partial charge < -0.3 is 10.6 Å². The fraction of sp³-hybridized carbons (Fsp3) is 0.385. The average Bonchev–Trinajstić information content (AvgIpc) is 2.29. The molecule has 0 spiro atoms. The number of aryl methyl sites for hydroxylation is 1. The molecular weight excluding hydrogens is 214 g/mol. The molecule has 1 amide bonds. The first kappa shape index (κ1) is 11.5. The summed E-state index contributed by atoms with van der Waals surface area (Å²) in [5.74, 6) is 0.0653. The summed E-state index contributed by atoms with van der Waals surface area (Å²) in [7, 11) is 0. The van der Waals surface area contributed by atoms with Gasteiger partial charge in [0.15, 0.2) is 0 Å². The highest BCUT2D eigenvalue weighted by atomic mass is 16.1. The largest absolute Gasteiger partial charge is 0.368 e. The van der Waals surface area contributed by atoms with Crippen molar-refractivity contribution < 1.29 is 4.79 Å². The Morgan fingerprint density at radius 3 is 2.88 bits per heavy atom. The van der Waals surface area contributed by atoms with E-state index in [4.69, 9.17) is 5.26 Å². The van der Waals surface area contributed by atoms with E-state index in [0.29, 0.717) is 6.42 Å². The Bertz CT molecular complexity index is 500. The second-order valence-electron chi connectivity index (χ2n) is 4.78. The minimum Gasteiger partial charge on any atom is -0.368 e. The quantitative estimate of drug-likeness (QED) is 0.817. The lowest BCUT2D eigenvalue weighted by Crippen LogP contribution is -2.28. The van der Waals surface area contributed by atoms with Crippen LogP contribution in [0.5, 0.6) is 0 Å². The molecule has 4 heteroatoms. The smallest absolute Gasteiger partial charge is 0.224 e. The van der Waals surface area contributed by atoms with Crippen LogP contribution in [0.1, 0.15) is 25.8 Å². The fourth-order valence-corrected chi connectivity index (χ4v) is 1.85. The average molecular weight is 229 g/mol. The Morgan fingerprint density at radius 2 is 2.18 bits per heavy atom. The highest BCUT2D eigenvalue weighted by Gasteiger charge is 2.18. The SMILES string of the molecule is CC(C)(C#N)Nc1ccc2c(c1)CCC(=O)N2. The van der Waals surface area contributed by atoms with Crippen molar-refractivity contribution in [2.24, 2.45) is 0 Å². The maximum absolute atomic E-state index is 11.2. The molecule has 0 atom stereocenters. The van der Waals surface area contributed by atoms with Gasteiger partial charge in [0.05, 0.1) is 6.07 Å². The van der Waals surface area contributed by atoms with Crippen LogP contribution >= 0.6 is 0 Å². The molecule has 0 saturated heterocycles. The van der Waals surface area contributed by atoms with Crippen molar-refractivity contribution in [2.75, 3.05) is 10.6 Å². The molecular formula is C13H15N3O. The second-order valence-corrected chi connectivity index (χ2v) is 4.78. The van der Waals surface area contributed by atoms with Gasteiger partial charge in [0, 0.05) is 17.8 Å². The Balaban J connectivity index is 2.23. The summed E-state index contributed by atoms with van der Waals surface area (Å²) in [5, 5.41) is 14.9. The molecule has 1 aliphatic heterocycles. The van der Waals surface area contributed by atoms with Gasteiger partial charge in [-0.25, -0.2) is 0 Å². The Hall–Kier alpha value is -2.02. The lowest BCUT2D eigenvalue weighted by Gasteiger charge is -2.22. The molecule has 1 aromatic rings. The number of carbonyl (C=O) groups is 1. The molecule has 1 heterocycles. The summed E-state index contributed by atoms with van der Waals surface area (Å²) in [6.45, 7) is 3.66. The molecule has 2 N–H and O–H groups in total. The van der Waals surface area contributed by atoms with Gasteiger partial charge in [0.1, 0.15) is 5.54 Å². The summed E-state index contributed by atoms with van der Waals surface area (Å²) in [6.07, 6.45) is 1.28. The van der Waals surface area contributed by atoms with E-state index in [2.05, 4.69) is 16.7 Å².